The van der Waals surface area contributed by atoms with Gasteiger partial charge in [0.15, 0.2) is 6.10 Å². The molecule has 0 fully saturated rings. The second-order valence-electron chi connectivity index (χ2n) is 5.91. The number of ether oxygens (including phenoxy) is 1. The molecule has 2 aromatic rings. The number of anilines is 1. The van der Waals surface area contributed by atoms with Crippen LogP contribution in [-0.2, 0) is 17.6 Å². The fourth-order valence-electron chi connectivity index (χ4n) is 2.91. The van der Waals surface area contributed by atoms with E-state index in [0.717, 1.165) is 37.5 Å². The lowest BCUT2D eigenvalue weighted by atomic mass is 10.1. The SMILES string of the molecule is CC[C@H](Oc1ccc2c(c1)CCC2)C(=O)Nc1cc(F)ccc1F. The Kier molecular flexibility index (Phi) is 4.79. The molecule has 0 bridgehead atoms. The number of nitrogens with one attached hydrogen (secondary N) is 1. The van der Waals surface area contributed by atoms with Gasteiger partial charge in [-0.05, 0) is 61.1 Å². The van der Waals surface area contributed by atoms with Crippen molar-refractivity contribution in [3.05, 3.63) is 59.2 Å². The number of rotatable bonds is 5. The summed E-state index contributed by atoms with van der Waals surface area (Å²) < 4.78 is 32.6. The van der Waals surface area contributed by atoms with Gasteiger partial charge >= 0.3 is 0 Å². The molecule has 0 spiro atoms. The first-order valence-electron chi connectivity index (χ1n) is 8.11. The zero-order chi connectivity index (χ0) is 17.1. The molecular weight excluding hydrogens is 312 g/mol. The van der Waals surface area contributed by atoms with Crippen molar-refractivity contribution in [2.45, 2.75) is 38.7 Å². The summed E-state index contributed by atoms with van der Waals surface area (Å²) in [5, 5.41) is 2.40. The van der Waals surface area contributed by atoms with E-state index in [1.807, 2.05) is 18.2 Å². The fourth-order valence-corrected chi connectivity index (χ4v) is 2.91. The van der Waals surface area contributed by atoms with Gasteiger partial charge in [0.2, 0.25) is 0 Å². The van der Waals surface area contributed by atoms with Crippen molar-refractivity contribution in [1.82, 2.24) is 0 Å². The largest absolute Gasteiger partial charge is 0.481 e. The quantitative estimate of drug-likeness (QED) is 0.889. The standard InChI is InChI=1S/C19H19F2NO2/c1-2-18(19(23)22-17-11-14(20)7-9-16(17)21)24-15-8-6-12-4-3-5-13(12)10-15/h6-11,18H,2-5H2,1H3,(H,22,23)/t18-/m0/s1. The molecule has 0 aliphatic heterocycles. The number of carbonyl (C=O) groups is 1. The van der Waals surface area contributed by atoms with Crippen LogP contribution >= 0.6 is 0 Å². The minimum atomic E-state index is -0.771. The minimum Gasteiger partial charge on any atom is -0.481 e. The molecule has 3 rings (SSSR count). The summed E-state index contributed by atoms with van der Waals surface area (Å²) in [6.07, 6.45) is 2.87. The Morgan fingerprint density at radius 1 is 1.17 bits per heavy atom. The highest BCUT2D eigenvalue weighted by atomic mass is 19.1. The van der Waals surface area contributed by atoms with E-state index < -0.39 is 23.6 Å². The Hall–Kier alpha value is -2.43. The lowest BCUT2D eigenvalue weighted by Crippen LogP contribution is -2.32. The van der Waals surface area contributed by atoms with Crippen LogP contribution in [0.4, 0.5) is 14.5 Å². The van der Waals surface area contributed by atoms with Crippen LogP contribution < -0.4 is 10.1 Å². The Morgan fingerprint density at radius 2 is 1.96 bits per heavy atom. The number of halogens is 2. The second kappa shape index (κ2) is 6.99. The summed E-state index contributed by atoms with van der Waals surface area (Å²) in [6.45, 7) is 1.81. The van der Waals surface area contributed by atoms with Gasteiger partial charge in [0, 0.05) is 6.07 Å². The zero-order valence-electron chi connectivity index (χ0n) is 13.4. The van der Waals surface area contributed by atoms with Crippen molar-refractivity contribution in [3.63, 3.8) is 0 Å². The highest BCUT2D eigenvalue weighted by Crippen LogP contribution is 2.27. The molecule has 1 aliphatic carbocycles. The van der Waals surface area contributed by atoms with Crippen LogP contribution in [0.5, 0.6) is 5.75 Å². The molecule has 1 N–H and O–H groups in total. The second-order valence-corrected chi connectivity index (χ2v) is 5.91. The van der Waals surface area contributed by atoms with Gasteiger partial charge in [-0.2, -0.15) is 0 Å². The number of hydrogen-bond acceptors (Lipinski definition) is 2. The number of amides is 1. The third-order valence-electron chi connectivity index (χ3n) is 4.20. The van der Waals surface area contributed by atoms with Gasteiger partial charge in [0.1, 0.15) is 17.4 Å². The molecule has 0 unspecified atom stereocenters. The Bertz CT molecular complexity index is 761. The fraction of sp³-hybridized carbons (Fsp3) is 0.316. The summed E-state index contributed by atoms with van der Waals surface area (Å²) in [5.74, 6) is -1.17. The van der Waals surface area contributed by atoms with E-state index >= 15 is 0 Å². The van der Waals surface area contributed by atoms with Gasteiger partial charge in [0.25, 0.3) is 5.91 Å². The third-order valence-corrected chi connectivity index (χ3v) is 4.20. The minimum absolute atomic E-state index is 0.184. The van der Waals surface area contributed by atoms with Crippen molar-refractivity contribution in [1.29, 1.82) is 0 Å². The lowest BCUT2D eigenvalue weighted by molar-refractivity contribution is -0.122. The van der Waals surface area contributed by atoms with Crippen LogP contribution in [0.15, 0.2) is 36.4 Å². The predicted molar refractivity (Wildman–Crippen MR) is 88.2 cm³/mol. The zero-order valence-corrected chi connectivity index (χ0v) is 13.4. The lowest BCUT2D eigenvalue weighted by Gasteiger charge is -2.18. The van der Waals surface area contributed by atoms with E-state index in [-0.39, 0.29) is 5.69 Å². The third kappa shape index (κ3) is 3.55. The Labute approximate surface area is 139 Å². The average molecular weight is 331 g/mol. The van der Waals surface area contributed by atoms with E-state index in [2.05, 4.69) is 5.32 Å². The molecule has 3 nitrogen and oxygen atoms in total. The molecule has 1 atom stereocenters. The first kappa shape index (κ1) is 16.4. The summed E-state index contributed by atoms with van der Waals surface area (Å²) in [7, 11) is 0. The van der Waals surface area contributed by atoms with E-state index in [9.17, 15) is 13.6 Å². The highest BCUT2D eigenvalue weighted by molar-refractivity contribution is 5.94. The first-order valence-corrected chi connectivity index (χ1v) is 8.11. The summed E-state index contributed by atoms with van der Waals surface area (Å²) in [4.78, 5) is 12.3. The topological polar surface area (TPSA) is 38.3 Å². The maximum absolute atomic E-state index is 13.7. The van der Waals surface area contributed by atoms with Crippen molar-refractivity contribution >= 4 is 11.6 Å². The molecule has 0 radical (unpaired) electrons. The molecule has 5 heteroatoms. The van der Waals surface area contributed by atoms with E-state index in [4.69, 9.17) is 4.74 Å². The molecule has 0 saturated heterocycles. The number of hydrogen-bond donors (Lipinski definition) is 1. The maximum atomic E-state index is 13.7. The monoisotopic (exact) mass is 331 g/mol. The van der Waals surface area contributed by atoms with Crippen molar-refractivity contribution in [3.8, 4) is 5.75 Å². The van der Waals surface area contributed by atoms with Gasteiger partial charge < -0.3 is 10.1 Å². The summed E-state index contributed by atoms with van der Waals surface area (Å²) in [6, 6.07) is 8.77. The van der Waals surface area contributed by atoms with Crippen molar-refractivity contribution in [2.75, 3.05) is 5.32 Å². The Balaban J connectivity index is 1.71. The number of carbonyl (C=O) groups excluding carboxylic acids is 1. The van der Waals surface area contributed by atoms with Gasteiger partial charge in [-0.25, -0.2) is 8.78 Å². The van der Waals surface area contributed by atoms with Gasteiger partial charge in [-0.1, -0.05) is 13.0 Å². The number of benzene rings is 2. The molecule has 0 saturated carbocycles. The van der Waals surface area contributed by atoms with Gasteiger partial charge in [0.05, 0.1) is 5.69 Å². The normalized spacial score (nSPS) is 14.1. The molecule has 126 valence electrons. The molecule has 0 aromatic heterocycles. The van der Waals surface area contributed by atoms with Gasteiger partial charge in [-0.3, -0.25) is 4.79 Å². The van der Waals surface area contributed by atoms with E-state index in [1.165, 1.54) is 11.1 Å². The van der Waals surface area contributed by atoms with Crippen LogP contribution in [0, 0.1) is 11.6 Å². The van der Waals surface area contributed by atoms with E-state index in [1.54, 1.807) is 6.92 Å². The van der Waals surface area contributed by atoms with E-state index in [0.29, 0.717) is 12.2 Å². The maximum Gasteiger partial charge on any atom is 0.265 e. The number of aryl methyl sites for hydroxylation is 2. The van der Waals surface area contributed by atoms with Crippen LogP contribution in [0.2, 0.25) is 0 Å². The molecule has 1 aliphatic rings. The summed E-state index contributed by atoms with van der Waals surface area (Å²) >= 11 is 0. The first-order chi connectivity index (χ1) is 11.6. The molecule has 24 heavy (non-hydrogen) atoms. The highest BCUT2D eigenvalue weighted by Gasteiger charge is 2.21. The molecule has 0 heterocycles. The van der Waals surface area contributed by atoms with Crippen LogP contribution in [0.1, 0.15) is 30.9 Å². The molecule has 1 amide bonds. The van der Waals surface area contributed by atoms with Gasteiger partial charge in [-0.15, -0.1) is 0 Å². The molecular formula is C19H19F2NO2. The van der Waals surface area contributed by atoms with Crippen LogP contribution in [0.3, 0.4) is 0 Å². The average Bonchev–Trinajstić information content (AvgIpc) is 3.03. The van der Waals surface area contributed by atoms with Crippen molar-refractivity contribution in [2.24, 2.45) is 0 Å². The van der Waals surface area contributed by atoms with Crippen LogP contribution in [0.25, 0.3) is 0 Å². The van der Waals surface area contributed by atoms with Crippen molar-refractivity contribution < 1.29 is 18.3 Å². The smallest absolute Gasteiger partial charge is 0.265 e. The summed E-state index contributed by atoms with van der Waals surface area (Å²) in [5.41, 5.74) is 2.39. The molecule has 2 aromatic carbocycles. The Morgan fingerprint density at radius 3 is 2.75 bits per heavy atom. The predicted octanol–water partition coefficient (Wildman–Crippen LogP) is 4.25. The van der Waals surface area contributed by atoms with Crippen LogP contribution in [-0.4, -0.2) is 12.0 Å². The number of fused-ring (bicyclic) bond motifs is 1.